The monoisotopic (exact) mass is 350 g/mol. The van der Waals surface area contributed by atoms with Crippen LogP contribution in [0.1, 0.15) is 35.8 Å². The zero-order valence-electron chi connectivity index (χ0n) is 14.0. The summed E-state index contributed by atoms with van der Waals surface area (Å²) in [4.78, 5) is 18.2. The number of hydrogen-bond acceptors (Lipinski definition) is 5. The van der Waals surface area contributed by atoms with Crippen molar-refractivity contribution < 1.29 is 18.3 Å². The lowest BCUT2D eigenvalue weighted by atomic mass is 10.1. The van der Waals surface area contributed by atoms with Gasteiger partial charge in [0.2, 0.25) is 0 Å². The molecule has 0 aromatic carbocycles. The van der Waals surface area contributed by atoms with Crippen molar-refractivity contribution in [3.8, 4) is 5.82 Å². The Morgan fingerprint density at radius 3 is 2.80 bits per heavy atom. The molecule has 3 rings (SSSR count). The van der Waals surface area contributed by atoms with Crippen molar-refractivity contribution in [1.82, 2.24) is 19.7 Å². The maximum absolute atomic E-state index is 13.2. The van der Waals surface area contributed by atoms with Gasteiger partial charge in [0.25, 0.3) is 5.92 Å². The summed E-state index contributed by atoms with van der Waals surface area (Å²) in [7, 11) is 0. The van der Waals surface area contributed by atoms with Crippen LogP contribution in [0.25, 0.3) is 5.82 Å². The van der Waals surface area contributed by atoms with Gasteiger partial charge in [-0.1, -0.05) is 0 Å². The molecule has 0 atom stereocenters. The molecule has 0 N–H and O–H groups in total. The van der Waals surface area contributed by atoms with Gasteiger partial charge in [-0.2, -0.15) is 5.10 Å². The Morgan fingerprint density at radius 1 is 1.32 bits per heavy atom. The Kier molecular flexibility index (Phi) is 5.08. The molecule has 0 unspecified atom stereocenters. The number of pyridine rings is 1. The average molecular weight is 350 g/mol. The van der Waals surface area contributed by atoms with Crippen molar-refractivity contribution in [2.24, 2.45) is 0 Å². The van der Waals surface area contributed by atoms with E-state index in [9.17, 15) is 13.6 Å². The van der Waals surface area contributed by atoms with Gasteiger partial charge >= 0.3 is 5.97 Å². The fraction of sp³-hybridized carbons (Fsp3) is 0.471. The highest BCUT2D eigenvalue weighted by atomic mass is 19.3. The number of rotatable bonds is 5. The van der Waals surface area contributed by atoms with E-state index in [1.165, 1.54) is 4.68 Å². The van der Waals surface area contributed by atoms with Crippen LogP contribution in [0.4, 0.5) is 8.78 Å². The fourth-order valence-electron chi connectivity index (χ4n) is 2.78. The summed E-state index contributed by atoms with van der Waals surface area (Å²) >= 11 is 0. The third-order valence-electron chi connectivity index (χ3n) is 4.12. The van der Waals surface area contributed by atoms with E-state index >= 15 is 0 Å². The predicted molar refractivity (Wildman–Crippen MR) is 86.8 cm³/mol. The molecule has 6 nitrogen and oxygen atoms in total. The van der Waals surface area contributed by atoms with Crippen LogP contribution in [0.5, 0.6) is 0 Å². The first kappa shape index (κ1) is 17.5. The van der Waals surface area contributed by atoms with Crippen LogP contribution in [0, 0.1) is 0 Å². The quantitative estimate of drug-likeness (QED) is 0.776. The zero-order valence-corrected chi connectivity index (χ0v) is 14.0. The molecule has 8 heteroatoms. The first-order valence-electron chi connectivity index (χ1n) is 8.26. The van der Waals surface area contributed by atoms with Crippen molar-refractivity contribution in [3.05, 3.63) is 41.9 Å². The molecular weight excluding hydrogens is 330 g/mol. The number of ether oxygens (including phenoxy) is 1. The molecule has 1 fully saturated rings. The highest BCUT2D eigenvalue weighted by molar-refractivity contribution is 5.92. The molecule has 0 radical (unpaired) electrons. The third kappa shape index (κ3) is 4.19. The van der Waals surface area contributed by atoms with Crippen LogP contribution in [-0.4, -0.2) is 51.3 Å². The Bertz CT molecular complexity index is 738. The average Bonchev–Trinajstić information content (AvgIpc) is 3.05. The number of hydrogen-bond donors (Lipinski definition) is 0. The van der Waals surface area contributed by atoms with Gasteiger partial charge in [-0.15, -0.1) is 0 Å². The predicted octanol–water partition coefficient (Wildman–Crippen LogP) is 2.68. The minimum Gasteiger partial charge on any atom is -0.462 e. The van der Waals surface area contributed by atoms with Gasteiger partial charge in [-0.05, 0) is 25.1 Å². The largest absolute Gasteiger partial charge is 0.462 e. The number of carbonyl (C=O) groups excluding carboxylic acids is 1. The first-order chi connectivity index (χ1) is 12.0. The Hall–Kier alpha value is -2.35. The summed E-state index contributed by atoms with van der Waals surface area (Å²) in [5.41, 5.74) is 1.07. The highest BCUT2D eigenvalue weighted by Crippen LogP contribution is 2.28. The molecule has 0 bridgehead atoms. The highest BCUT2D eigenvalue weighted by Gasteiger charge is 2.34. The van der Waals surface area contributed by atoms with E-state index in [1.54, 1.807) is 37.5 Å². The van der Waals surface area contributed by atoms with Gasteiger partial charge < -0.3 is 4.74 Å². The van der Waals surface area contributed by atoms with Crippen molar-refractivity contribution in [3.63, 3.8) is 0 Å². The van der Waals surface area contributed by atoms with E-state index < -0.39 is 11.9 Å². The summed E-state index contributed by atoms with van der Waals surface area (Å²) < 4.78 is 33.0. The van der Waals surface area contributed by atoms with Gasteiger partial charge in [0.15, 0.2) is 5.82 Å². The number of halogens is 2. The molecule has 0 spiro atoms. The maximum atomic E-state index is 13.2. The second kappa shape index (κ2) is 7.26. The zero-order chi connectivity index (χ0) is 17.9. The number of piperidine rings is 1. The number of alkyl halides is 2. The molecular formula is C17H20F2N4O2. The van der Waals surface area contributed by atoms with Crippen molar-refractivity contribution in [2.75, 3.05) is 19.7 Å². The van der Waals surface area contributed by atoms with E-state index in [-0.39, 0.29) is 19.4 Å². The maximum Gasteiger partial charge on any atom is 0.341 e. The van der Waals surface area contributed by atoms with Crippen molar-refractivity contribution >= 4 is 5.97 Å². The van der Waals surface area contributed by atoms with Crippen LogP contribution in [0.2, 0.25) is 0 Å². The standard InChI is InChI=1S/C17H20F2N4O2/c1-2-25-16(24)14-4-3-8-20-15(14)23-9-5-13(21-23)12-22-10-6-17(18,19)7-11-22/h3-5,8-9H,2,6-7,10-12H2,1H3. The molecule has 0 amide bonds. The molecule has 1 saturated heterocycles. The number of likely N-dealkylation sites (tertiary alicyclic amines) is 1. The Morgan fingerprint density at radius 2 is 2.08 bits per heavy atom. The molecule has 0 saturated carbocycles. The molecule has 2 aromatic heterocycles. The van der Waals surface area contributed by atoms with Gasteiger partial charge in [0, 0.05) is 44.9 Å². The van der Waals surface area contributed by atoms with Crippen LogP contribution in [0.3, 0.4) is 0 Å². The lowest BCUT2D eigenvalue weighted by Gasteiger charge is -2.31. The summed E-state index contributed by atoms with van der Waals surface area (Å²) in [6.07, 6.45) is 3.03. The molecule has 25 heavy (non-hydrogen) atoms. The molecule has 2 aromatic rings. The SMILES string of the molecule is CCOC(=O)c1cccnc1-n1ccc(CN2CCC(F)(F)CC2)n1. The minimum absolute atomic E-state index is 0.124. The lowest BCUT2D eigenvalue weighted by Crippen LogP contribution is -2.38. The van der Waals surface area contributed by atoms with Gasteiger partial charge in [0.05, 0.1) is 12.3 Å². The smallest absolute Gasteiger partial charge is 0.341 e. The second-order valence-corrected chi connectivity index (χ2v) is 5.98. The van der Waals surface area contributed by atoms with E-state index in [1.807, 2.05) is 4.90 Å². The van der Waals surface area contributed by atoms with Crippen LogP contribution in [0.15, 0.2) is 30.6 Å². The number of nitrogens with zero attached hydrogens (tertiary/aromatic N) is 4. The van der Waals surface area contributed by atoms with Crippen LogP contribution < -0.4 is 0 Å². The molecule has 134 valence electrons. The van der Waals surface area contributed by atoms with Crippen molar-refractivity contribution in [1.29, 1.82) is 0 Å². The van der Waals surface area contributed by atoms with E-state index in [4.69, 9.17) is 4.74 Å². The molecule has 3 heterocycles. The van der Waals surface area contributed by atoms with Gasteiger partial charge in [-0.25, -0.2) is 23.2 Å². The third-order valence-corrected chi connectivity index (χ3v) is 4.12. The Labute approximate surface area is 144 Å². The van der Waals surface area contributed by atoms with Gasteiger partial charge in [0.1, 0.15) is 5.56 Å². The molecule has 0 aliphatic carbocycles. The fourth-order valence-corrected chi connectivity index (χ4v) is 2.78. The Balaban J connectivity index is 1.73. The molecule has 1 aliphatic rings. The van der Waals surface area contributed by atoms with Crippen molar-refractivity contribution in [2.45, 2.75) is 32.2 Å². The molecule has 1 aliphatic heterocycles. The summed E-state index contributed by atoms with van der Waals surface area (Å²) in [6, 6.07) is 5.10. The topological polar surface area (TPSA) is 60.2 Å². The summed E-state index contributed by atoms with van der Waals surface area (Å²) in [6.45, 7) is 3.19. The van der Waals surface area contributed by atoms with Crippen LogP contribution in [-0.2, 0) is 11.3 Å². The minimum atomic E-state index is -2.56. The first-order valence-corrected chi connectivity index (χ1v) is 8.26. The summed E-state index contributed by atoms with van der Waals surface area (Å²) in [5.74, 6) is -2.63. The van der Waals surface area contributed by atoms with Gasteiger partial charge in [-0.3, -0.25) is 4.90 Å². The number of esters is 1. The van der Waals surface area contributed by atoms with Crippen LogP contribution >= 0.6 is 0 Å². The number of aromatic nitrogens is 3. The summed E-state index contributed by atoms with van der Waals surface area (Å²) in [5, 5.41) is 4.43. The lowest BCUT2D eigenvalue weighted by molar-refractivity contribution is -0.0568. The number of carbonyl (C=O) groups is 1. The van der Waals surface area contributed by atoms with E-state index in [0.29, 0.717) is 31.0 Å². The second-order valence-electron chi connectivity index (χ2n) is 5.98. The van der Waals surface area contributed by atoms with E-state index in [0.717, 1.165) is 5.69 Å². The van der Waals surface area contributed by atoms with E-state index in [2.05, 4.69) is 10.1 Å². The normalized spacial score (nSPS) is 17.4.